The molecule has 0 aromatic heterocycles. The van der Waals surface area contributed by atoms with Crippen LogP contribution < -0.4 is 28.4 Å². The molecule has 0 bridgehead atoms. The predicted molar refractivity (Wildman–Crippen MR) is 110 cm³/mol. The maximum atomic E-state index is 6.26. The van der Waals surface area contributed by atoms with Crippen molar-refractivity contribution < 1.29 is 37.9 Å². The molecule has 31 heavy (non-hydrogen) atoms. The van der Waals surface area contributed by atoms with Gasteiger partial charge in [-0.25, -0.2) is 0 Å². The Morgan fingerprint density at radius 1 is 0.677 bits per heavy atom. The molecule has 2 fully saturated rings. The third kappa shape index (κ3) is 3.21. The van der Waals surface area contributed by atoms with Crippen LogP contribution >= 0.6 is 0 Å². The molecule has 8 heteroatoms. The standard InChI is InChI=1S/C23H26O8/c1-24-16-5-12(6-17(25-2)22(16)27-4)20-14-9-29-21(15(14)10-28-20)13-7-18(26-3)23-19(8-13)30-11-31-23/h5-8,14-15,20-21H,9-11H2,1-4H3/t14-,15-,20+,21-/m0/s1. The van der Waals surface area contributed by atoms with E-state index in [9.17, 15) is 0 Å². The molecule has 0 N–H and O–H groups in total. The van der Waals surface area contributed by atoms with Crippen LogP contribution in [-0.2, 0) is 9.47 Å². The van der Waals surface area contributed by atoms with E-state index in [1.807, 2.05) is 24.3 Å². The fraction of sp³-hybridized carbons (Fsp3) is 0.478. The van der Waals surface area contributed by atoms with E-state index in [1.165, 1.54) is 0 Å². The summed E-state index contributed by atoms with van der Waals surface area (Å²) in [5.74, 6) is 4.16. The van der Waals surface area contributed by atoms with Crippen molar-refractivity contribution in [2.75, 3.05) is 48.4 Å². The molecule has 0 amide bonds. The van der Waals surface area contributed by atoms with Crippen molar-refractivity contribution in [2.45, 2.75) is 12.2 Å². The first-order chi connectivity index (χ1) is 15.2. The second-order valence-electron chi connectivity index (χ2n) is 7.75. The van der Waals surface area contributed by atoms with Gasteiger partial charge in [0, 0.05) is 11.8 Å². The number of fused-ring (bicyclic) bond motifs is 2. The maximum Gasteiger partial charge on any atom is 0.231 e. The van der Waals surface area contributed by atoms with Crippen LogP contribution in [0.2, 0.25) is 0 Å². The van der Waals surface area contributed by atoms with Crippen LogP contribution in [0.25, 0.3) is 0 Å². The fourth-order valence-corrected chi connectivity index (χ4v) is 4.81. The maximum absolute atomic E-state index is 6.26. The number of rotatable bonds is 6. The third-order valence-corrected chi connectivity index (χ3v) is 6.29. The van der Waals surface area contributed by atoms with E-state index >= 15 is 0 Å². The minimum absolute atomic E-state index is 0.111. The smallest absolute Gasteiger partial charge is 0.231 e. The lowest BCUT2D eigenvalue weighted by molar-refractivity contribution is 0.0190. The van der Waals surface area contributed by atoms with Gasteiger partial charge in [-0.05, 0) is 35.4 Å². The highest BCUT2D eigenvalue weighted by atomic mass is 16.7. The predicted octanol–water partition coefficient (Wildman–Crippen LogP) is 3.52. The second kappa shape index (κ2) is 8.01. The summed E-state index contributed by atoms with van der Waals surface area (Å²) in [6, 6.07) is 7.84. The monoisotopic (exact) mass is 430 g/mol. The summed E-state index contributed by atoms with van der Waals surface area (Å²) in [6.45, 7) is 1.37. The molecule has 4 atom stereocenters. The third-order valence-electron chi connectivity index (χ3n) is 6.29. The first-order valence-electron chi connectivity index (χ1n) is 10.2. The van der Waals surface area contributed by atoms with Crippen LogP contribution in [0.3, 0.4) is 0 Å². The van der Waals surface area contributed by atoms with E-state index in [0.717, 1.165) is 11.1 Å². The van der Waals surface area contributed by atoms with Crippen LogP contribution in [0.1, 0.15) is 23.3 Å². The summed E-state index contributed by atoms with van der Waals surface area (Å²) < 4.78 is 45.6. The van der Waals surface area contributed by atoms with Gasteiger partial charge in [-0.2, -0.15) is 0 Å². The molecule has 3 aliphatic heterocycles. The lowest BCUT2D eigenvalue weighted by atomic mass is 9.84. The Morgan fingerprint density at radius 2 is 1.23 bits per heavy atom. The Balaban J connectivity index is 1.44. The van der Waals surface area contributed by atoms with E-state index in [-0.39, 0.29) is 30.8 Å². The van der Waals surface area contributed by atoms with E-state index < -0.39 is 0 Å². The van der Waals surface area contributed by atoms with Crippen LogP contribution in [-0.4, -0.2) is 48.4 Å². The number of methoxy groups -OCH3 is 4. The molecule has 0 radical (unpaired) electrons. The highest BCUT2D eigenvalue weighted by Gasteiger charge is 2.48. The largest absolute Gasteiger partial charge is 0.493 e. The summed E-state index contributed by atoms with van der Waals surface area (Å²) in [6.07, 6.45) is -0.236. The number of hydrogen-bond donors (Lipinski definition) is 0. The van der Waals surface area contributed by atoms with Gasteiger partial charge >= 0.3 is 0 Å². The molecule has 5 rings (SSSR count). The van der Waals surface area contributed by atoms with Crippen molar-refractivity contribution >= 4 is 0 Å². The molecule has 3 aliphatic rings. The van der Waals surface area contributed by atoms with Crippen molar-refractivity contribution in [1.82, 2.24) is 0 Å². The molecule has 3 heterocycles. The average Bonchev–Trinajstić information content (AvgIpc) is 3.53. The van der Waals surface area contributed by atoms with Gasteiger partial charge in [0.2, 0.25) is 18.3 Å². The molecular weight excluding hydrogens is 404 g/mol. The van der Waals surface area contributed by atoms with E-state index in [4.69, 9.17) is 37.9 Å². The van der Waals surface area contributed by atoms with Crippen molar-refractivity contribution in [2.24, 2.45) is 11.8 Å². The zero-order valence-electron chi connectivity index (χ0n) is 18.0. The van der Waals surface area contributed by atoms with Crippen LogP contribution in [0.15, 0.2) is 24.3 Å². The van der Waals surface area contributed by atoms with Gasteiger partial charge in [0.25, 0.3) is 0 Å². The molecule has 0 saturated carbocycles. The molecule has 2 aromatic carbocycles. The van der Waals surface area contributed by atoms with Crippen molar-refractivity contribution in [3.05, 3.63) is 35.4 Å². The topological polar surface area (TPSA) is 73.8 Å². The number of ether oxygens (including phenoxy) is 8. The van der Waals surface area contributed by atoms with Gasteiger partial charge in [-0.15, -0.1) is 0 Å². The summed E-state index contributed by atoms with van der Waals surface area (Å²) in [5, 5.41) is 0. The Bertz CT molecular complexity index is 949. The lowest BCUT2D eigenvalue weighted by Crippen LogP contribution is -2.15. The van der Waals surface area contributed by atoms with Gasteiger partial charge in [0.15, 0.2) is 23.0 Å². The quantitative estimate of drug-likeness (QED) is 0.689. The molecular formula is C23H26O8. The van der Waals surface area contributed by atoms with E-state index in [1.54, 1.807) is 28.4 Å². The Morgan fingerprint density at radius 3 is 1.77 bits per heavy atom. The van der Waals surface area contributed by atoms with Gasteiger partial charge in [-0.3, -0.25) is 0 Å². The molecule has 2 saturated heterocycles. The lowest BCUT2D eigenvalue weighted by Gasteiger charge is -2.20. The Labute approximate surface area is 180 Å². The Kier molecular flexibility index (Phi) is 5.19. The Hall–Kier alpha value is -2.84. The highest BCUT2D eigenvalue weighted by Crippen LogP contribution is 2.54. The van der Waals surface area contributed by atoms with E-state index in [2.05, 4.69) is 0 Å². The van der Waals surface area contributed by atoms with Gasteiger partial charge in [0.1, 0.15) is 0 Å². The van der Waals surface area contributed by atoms with Gasteiger partial charge in [0.05, 0.1) is 53.9 Å². The molecule has 2 aromatic rings. The van der Waals surface area contributed by atoms with Gasteiger partial charge < -0.3 is 37.9 Å². The van der Waals surface area contributed by atoms with Crippen molar-refractivity contribution in [1.29, 1.82) is 0 Å². The zero-order chi connectivity index (χ0) is 21.5. The summed E-state index contributed by atoms with van der Waals surface area (Å²) in [7, 11) is 6.44. The number of benzene rings is 2. The zero-order valence-corrected chi connectivity index (χ0v) is 18.0. The minimum Gasteiger partial charge on any atom is -0.493 e. The van der Waals surface area contributed by atoms with Crippen molar-refractivity contribution in [3.63, 3.8) is 0 Å². The summed E-state index contributed by atoms with van der Waals surface area (Å²) in [5.41, 5.74) is 1.98. The minimum atomic E-state index is -0.125. The number of hydrogen-bond acceptors (Lipinski definition) is 8. The van der Waals surface area contributed by atoms with Gasteiger partial charge in [-0.1, -0.05) is 0 Å². The first-order valence-corrected chi connectivity index (χ1v) is 10.2. The molecule has 8 nitrogen and oxygen atoms in total. The average molecular weight is 430 g/mol. The summed E-state index contributed by atoms with van der Waals surface area (Å²) in [4.78, 5) is 0. The first kappa shape index (κ1) is 20.1. The van der Waals surface area contributed by atoms with Crippen molar-refractivity contribution in [3.8, 4) is 34.5 Å². The SMILES string of the molecule is COc1cc([C@H]2OC[C@H]3[C@@H]2CO[C@H]3c2cc(OC)c3c(c2)OCO3)cc(OC)c1OC. The highest BCUT2D eigenvalue weighted by molar-refractivity contribution is 5.56. The van der Waals surface area contributed by atoms with Crippen LogP contribution in [0.4, 0.5) is 0 Å². The van der Waals surface area contributed by atoms with Crippen LogP contribution in [0, 0.1) is 11.8 Å². The second-order valence-corrected chi connectivity index (χ2v) is 7.75. The summed E-state index contributed by atoms with van der Waals surface area (Å²) >= 11 is 0. The normalized spacial score (nSPS) is 25.9. The van der Waals surface area contributed by atoms with Crippen LogP contribution in [0.5, 0.6) is 34.5 Å². The molecule has 0 spiro atoms. The molecule has 166 valence electrons. The molecule has 0 unspecified atom stereocenters. The molecule has 0 aliphatic carbocycles. The fourth-order valence-electron chi connectivity index (χ4n) is 4.81. The van der Waals surface area contributed by atoms with E-state index in [0.29, 0.717) is 47.7 Å².